The molecule has 1 rings (SSSR count). The summed E-state index contributed by atoms with van der Waals surface area (Å²) in [7, 11) is 0. The number of hydrogen-bond acceptors (Lipinski definition) is 4. The van der Waals surface area contributed by atoms with Crippen molar-refractivity contribution in [2.45, 2.75) is 33.1 Å². The molecule has 3 N–H and O–H groups in total. The maximum atomic E-state index is 13.1. The van der Waals surface area contributed by atoms with Gasteiger partial charge in [-0.3, -0.25) is 5.84 Å². The molecule has 1 unspecified atom stereocenters. The molecule has 0 spiro atoms. The van der Waals surface area contributed by atoms with E-state index in [-0.39, 0.29) is 11.9 Å². The molecule has 4 nitrogen and oxygen atoms in total. The molecule has 102 valence electrons. The van der Waals surface area contributed by atoms with Crippen LogP contribution < -0.4 is 11.3 Å². The molecule has 0 saturated carbocycles. The van der Waals surface area contributed by atoms with E-state index in [0.717, 1.165) is 11.1 Å². The van der Waals surface area contributed by atoms with Crippen LogP contribution in [0.1, 0.15) is 31.0 Å². The van der Waals surface area contributed by atoms with E-state index in [1.807, 2.05) is 20.8 Å². The summed E-state index contributed by atoms with van der Waals surface area (Å²) in [5, 5.41) is 0. The largest absolute Gasteiger partial charge is 0.351 e. The average Bonchev–Trinajstić information content (AvgIpc) is 2.33. The van der Waals surface area contributed by atoms with Crippen LogP contribution in [0.3, 0.4) is 0 Å². The van der Waals surface area contributed by atoms with Crippen molar-refractivity contribution in [3.63, 3.8) is 0 Å². The number of aryl methyl sites for hydroxylation is 1. The second kappa shape index (κ2) is 7.43. The van der Waals surface area contributed by atoms with Gasteiger partial charge in [-0.15, -0.1) is 0 Å². The molecule has 0 saturated heterocycles. The third-order valence-electron chi connectivity index (χ3n) is 2.68. The fourth-order valence-corrected chi connectivity index (χ4v) is 1.87. The maximum absolute atomic E-state index is 13.1. The van der Waals surface area contributed by atoms with Gasteiger partial charge in [0, 0.05) is 13.2 Å². The fraction of sp³-hybridized carbons (Fsp3) is 0.538. The van der Waals surface area contributed by atoms with Crippen molar-refractivity contribution >= 4 is 0 Å². The first-order valence-corrected chi connectivity index (χ1v) is 6.09. The van der Waals surface area contributed by atoms with E-state index < -0.39 is 6.29 Å². The van der Waals surface area contributed by atoms with Gasteiger partial charge in [-0.1, -0.05) is 6.07 Å². The number of rotatable bonds is 7. The minimum atomic E-state index is -0.492. The van der Waals surface area contributed by atoms with Crippen LogP contribution in [0.25, 0.3) is 0 Å². The molecule has 1 aromatic carbocycles. The van der Waals surface area contributed by atoms with E-state index in [1.54, 1.807) is 6.07 Å². The molecule has 0 aliphatic carbocycles. The highest BCUT2D eigenvalue weighted by molar-refractivity contribution is 5.29. The molecule has 0 amide bonds. The third kappa shape index (κ3) is 3.74. The Balaban J connectivity index is 2.98. The van der Waals surface area contributed by atoms with Crippen LogP contribution in [0.15, 0.2) is 18.2 Å². The van der Waals surface area contributed by atoms with Crippen LogP contribution in [-0.2, 0) is 9.47 Å². The normalized spacial score (nSPS) is 13.0. The first-order valence-electron chi connectivity index (χ1n) is 6.09. The van der Waals surface area contributed by atoms with E-state index in [9.17, 15) is 4.39 Å². The Kier molecular flexibility index (Phi) is 6.21. The van der Waals surface area contributed by atoms with Crippen molar-refractivity contribution in [3.8, 4) is 0 Å². The van der Waals surface area contributed by atoms with Crippen molar-refractivity contribution in [1.82, 2.24) is 5.43 Å². The molecule has 0 aromatic heterocycles. The Morgan fingerprint density at radius 2 is 1.89 bits per heavy atom. The highest BCUT2D eigenvalue weighted by Gasteiger charge is 2.24. The summed E-state index contributed by atoms with van der Waals surface area (Å²) in [4.78, 5) is 0. The van der Waals surface area contributed by atoms with Crippen molar-refractivity contribution in [1.29, 1.82) is 0 Å². The van der Waals surface area contributed by atoms with Gasteiger partial charge < -0.3 is 9.47 Å². The lowest BCUT2D eigenvalue weighted by Gasteiger charge is -2.27. The molecule has 1 atom stereocenters. The molecule has 0 aliphatic heterocycles. The van der Waals surface area contributed by atoms with Crippen LogP contribution in [0.2, 0.25) is 0 Å². The number of hydrogen-bond donors (Lipinski definition) is 2. The zero-order valence-electron chi connectivity index (χ0n) is 11.1. The Morgan fingerprint density at radius 3 is 2.33 bits per heavy atom. The summed E-state index contributed by atoms with van der Waals surface area (Å²) in [6.07, 6.45) is -0.492. The summed E-state index contributed by atoms with van der Waals surface area (Å²) in [6.45, 7) is 6.64. The smallest absolute Gasteiger partial charge is 0.178 e. The number of nitrogens with two attached hydrogens (primary N) is 1. The molecular weight excluding hydrogens is 235 g/mol. The first kappa shape index (κ1) is 15.0. The van der Waals surface area contributed by atoms with E-state index in [1.165, 1.54) is 12.1 Å². The maximum Gasteiger partial charge on any atom is 0.178 e. The summed E-state index contributed by atoms with van der Waals surface area (Å²) >= 11 is 0. The predicted octanol–water partition coefficient (Wildman–Crippen LogP) is 2.04. The second-order valence-electron chi connectivity index (χ2n) is 3.92. The molecule has 0 heterocycles. The molecule has 5 heteroatoms. The van der Waals surface area contributed by atoms with Crippen LogP contribution in [-0.4, -0.2) is 19.5 Å². The summed E-state index contributed by atoms with van der Waals surface area (Å²) in [5.41, 5.74) is 4.35. The van der Waals surface area contributed by atoms with Crippen molar-refractivity contribution < 1.29 is 13.9 Å². The highest BCUT2D eigenvalue weighted by atomic mass is 19.1. The Hall–Kier alpha value is -1.01. The summed E-state index contributed by atoms with van der Waals surface area (Å²) in [6, 6.07) is 4.24. The van der Waals surface area contributed by atoms with E-state index in [2.05, 4.69) is 5.43 Å². The van der Waals surface area contributed by atoms with Gasteiger partial charge in [-0.05, 0) is 44.0 Å². The van der Waals surface area contributed by atoms with Crippen molar-refractivity contribution in [2.24, 2.45) is 5.84 Å². The summed E-state index contributed by atoms with van der Waals surface area (Å²) < 4.78 is 24.1. The van der Waals surface area contributed by atoms with E-state index in [4.69, 9.17) is 15.3 Å². The first-order chi connectivity index (χ1) is 8.63. The minimum Gasteiger partial charge on any atom is -0.351 e. The van der Waals surface area contributed by atoms with Crippen molar-refractivity contribution in [2.75, 3.05) is 13.2 Å². The molecule has 18 heavy (non-hydrogen) atoms. The Bertz CT molecular complexity index is 368. The monoisotopic (exact) mass is 256 g/mol. The lowest BCUT2D eigenvalue weighted by molar-refractivity contribution is -0.155. The number of halogens is 1. The van der Waals surface area contributed by atoms with Gasteiger partial charge in [0.1, 0.15) is 5.82 Å². The third-order valence-corrected chi connectivity index (χ3v) is 2.68. The molecule has 0 fully saturated rings. The zero-order chi connectivity index (χ0) is 13.5. The van der Waals surface area contributed by atoms with Gasteiger partial charge in [0.2, 0.25) is 0 Å². The topological polar surface area (TPSA) is 56.5 Å². The van der Waals surface area contributed by atoms with Crippen LogP contribution in [0, 0.1) is 12.7 Å². The highest BCUT2D eigenvalue weighted by Crippen LogP contribution is 2.23. The molecule has 0 bridgehead atoms. The minimum absolute atomic E-state index is 0.267. The van der Waals surface area contributed by atoms with Gasteiger partial charge in [-0.2, -0.15) is 0 Å². The molecular formula is C13H21FN2O2. The molecule has 1 aromatic rings. The second-order valence-corrected chi connectivity index (χ2v) is 3.92. The Labute approximate surface area is 107 Å². The lowest BCUT2D eigenvalue weighted by atomic mass is 10.0. The number of nitrogens with one attached hydrogen (secondary N) is 1. The van der Waals surface area contributed by atoms with Gasteiger partial charge in [0.05, 0.1) is 6.04 Å². The predicted molar refractivity (Wildman–Crippen MR) is 68.2 cm³/mol. The number of ether oxygens (including phenoxy) is 2. The number of hydrazine groups is 1. The van der Waals surface area contributed by atoms with Gasteiger partial charge in [0.25, 0.3) is 0 Å². The lowest BCUT2D eigenvalue weighted by Crippen LogP contribution is -2.40. The van der Waals surface area contributed by atoms with Gasteiger partial charge in [-0.25, -0.2) is 9.82 Å². The van der Waals surface area contributed by atoms with E-state index >= 15 is 0 Å². The van der Waals surface area contributed by atoms with Crippen molar-refractivity contribution in [3.05, 3.63) is 35.1 Å². The standard InChI is InChI=1S/C13H21FN2O2/c1-4-17-13(18-5-2)12(16-15)11-7-6-10(14)8-9(11)3/h6-8,12-13,16H,4-5,15H2,1-3H3. The van der Waals surface area contributed by atoms with Gasteiger partial charge >= 0.3 is 0 Å². The SMILES string of the molecule is CCOC(OCC)C(NN)c1ccc(F)cc1C. The van der Waals surface area contributed by atoms with Crippen LogP contribution >= 0.6 is 0 Å². The zero-order valence-corrected chi connectivity index (χ0v) is 11.1. The average molecular weight is 256 g/mol. The fourth-order valence-electron chi connectivity index (χ4n) is 1.87. The van der Waals surface area contributed by atoms with Crippen LogP contribution in [0.4, 0.5) is 4.39 Å². The van der Waals surface area contributed by atoms with E-state index in [0.29, 0.717) is 13.2 Å². The van der Waals surface area contributed by atoms with Crippen LogP contribution in [0.5, 0.6) is 0 Å². The Morgan fingerprint density at radius 1 is 1.28 bits per heavy atom. The molecule has 0 aliphatic rings. The van der Waals surface area contributed by atoms with Gasteiger partial charge in [0.15, 0.2) is 6.29 Å². The summed E-state index contributed by atoms with van der Waals surface area (Å²) in [5.74, 6) is 5.30. The number of benzene rings is 1. The molecule has 0 radical (unpaired) electrons. The quantitative estimate of drug-likeness (QED) is 0.445.